The molecule has 0 aliphatic carbocycles. The normalized spacial score (nSPS) is 17.6. The highest BCUT2D eigenvalue weighted by atomic mass is 19.4. The zero-order valence-electron chi connectivity index (χ0n) is 21.4. The van der Waals surface area contributed by atoms with Crippen molar-refractivity contribution >= 4 is 17.7 Å². The smallest absolute Gasteiger partial charge is 0.416 e. The molecule has 1 aliphatic rings. The number of rotatable bonds is 5. The minimum absolute atomic E-state index is 0.0282. The average Bonchev–Trinajstić information content (AvgIpc) is 3.27. The summed E-state index contributed by atoms with van der Waals surface area (Å²) in [6, 6.07) is 3.57. The molecule has 0 radical (unpaired) electrons. The summed E-state index contributed by atoms with van der Waals surface area (Å²) in [6.07, 6.45) is -10.4. The van der Waals surface area contributed by atoms with Crippen molar-refractivity contribution < 1.29 is 35.9 Å². The first-order valence-corrected chi connectivity index (χ1v) is 11.9. The summed E-state index contributed by atoms with van der Waals surface area (Å²) in [7, 11) is 1.48. The Morgan fingerprint density at radius 3 is 2.28 bits per heavy atom. The fraction of sp³-hybridized carbons (Fsp3) is 0.458. The maximum absolute atomic E-state index is 13.6. The third-order valence-corrected chi connectivity index (χ3v) is 6.22. The molecule has 0 spiro atoms. The zero-order chi connectivity index (χ0) is 28.7. The van der Waals surface area contributed by atoms with E-state index in [0.29, 0.717) is 29.2 Å². The summed E-state index contributed by atoms with van der Waals surface area (Å²) in [5.41, 5.74) is -1.77. The van der Waals surface area contributed by atoms with E-state index in [9.17, 15) is 31.1 Å². The number of amides is 1. The van der Waals surface area contributed by atoms with Gasteiger partial charge >= 0.3 is 18.4 Å². The van der Waals surface area contributed by atoms with Crippen LogP contribution < -0.4 is 9.80 Å². The molecule has 1 amide bonds. The predicted octanol–water partition coefficient (Wildman–Crippen LogP) is 5.45. The molecule has 3 heterocycles. The van der Waals surface area contributed by atoms with Gasteiger partial charge in [-0.2, -0.15) is 31.1 Å². The number of pyridine rings is 1. The largest absolute Gasteiger partial charge is 0.449 e. The SMILES string of the molecule is CCOC(=O)N1c2ccc(C)nc2[C@H](N(Cc2cc(C(F)(F)F)cc(C(F)(F)F)c2)c2nnn(C)n2)C[C@@H]1C. The van der Waals surface area contributed by atoms with Crippen molar-refractivity contribution in [2.45, 2.75) is 58.2 Å². The molecule has 0 saturated carbocycles. The fourth-order valence-electron chi connectivity index (χ4n) is 4.56. The van der Waals surface area contributed by atoms with Crippen LogP contribution >= 0.6 is 0 Å². The van der Waals surface area contributed by atoms with E-state index in [-0.39, 0.29) is 30.6 Å². The van der Waals surface area contributed by atoms with Crippen LogP contribution in [-0.2, 0) is 30.7 Å². The number of fused-ring (bicyclic) bond motifs is 1. The molecular weight excluding hydrogens is 532 g/mol. The van der Waals surface area contributed by atoms with Crippen LogP contribution in [0.5, 0.6) is 0 Å². The molecule has 210 valence electrons. The minimum atomic E-state index is -5.00. The van der Waals surface area contributed by atoms with Gasteiger partial charge in [0.2, 0.25) is 0 Å². The van der Waals surface area contributed by atoms with Crippen LogP contribution in [0.2, 0.25) is 0 Å². The first kappa shape index (κ1) is 28.1. The molecule has 15 heteroatoms. The Balaban J connectivity index is 1.86. The van der Waals surface area contributed by atoms with E-state index in [0.717, 1.165) is 4.80 Å². The van der Waals surface area contributed by atoms with Crippen LogP contribution in [0.15, 0.2) is 30.3 Å². The Hall–Kier alpha value is -3.91. The van der Waals surface area contributed by atoms with Gasteiger partial charge in [-0.1, -0.05) is 5.10 Å². The Kier molecular flexibility index (Phi) is 7.45. The number of hydrogen-bond acceptors (Lipinski definition) is 7. The van der Waals surface area contributed by atoms with Crippen molar-refractivity contribution in [1.29, 1.82) is 0 Å². The van der Waals surface area contributed by atoms with Gasteiger partial charge < -0.3 is 9.64 Å². The second-order valence-electron chi connectivity index (χ2n) is 9.15. The quantitative estimate of drug-likeness (QED) is 0.385. The van der Waals surface area contributed by atoms with Crippen LogP contribution in [0.3, 0.4) is 0 Å². The summed E-state index contributed by atoms with van der Waals surface area (Å²) < 4.78 is 86.5. The van der Waals surface area contributed by atoms with Crippen LogP contribution in [0, 0.1) is 6.92 Å². The zero-order valence-corrected chi connectivity index (χ0v) is 21.4. The maximum Gasteiger partial charge on any atom is 0.416 e. The molecular formula is C24H25F6N7O2. The number of halogens is 6. The Bertz CT molecular complexity index is 1330. The van der Waals surface area contributed by atoms with E-state index in [4.69, 9.17) is 4.74 Å². The van der Waals surface area contributed by atoms with Gasteiger partial charge in [0.1, 0.15) is 0 Å². The standard InChI is InChI=1S/C24H25F6N7O2/c1-5-39-22(38)37-14(3)8-19(20-18(37)7-6-13(2)31-20)36(21-32-34-35(4)33-21)12-15-9-16(23(25,26)27)11-17(10-15)24(28,29)30/h6-7,9-11,14,19H,5,8,12H2,1-4H3/t14-,19+/m0/s1. The highest BCUT2D eigenvalue weighted by Gasteiger charge is 2.41. The van der Waals surface area contributed by atoms with E-state index in [1.807, 2.05) is 0 Å². The number of ether oxygens (including phenoxy) is 1. The number of nitrogens with zero attached hydrogens (tertiary/aromatic N) is 7. The number of hydrogen-bond donors (Lipinski definition) is 0. The first-order chi connectivity index (χ1) is 18.2. The van der Waals surface area contributed by atoms with Gasteiger partial charge in [-0.25, -0.2) is 4.79 Å². The Labute approximate surface area is 219 Å². The first-order valence-electron chi connectivity index (χ1n) is 11.9. The van der Waals surface area contributed by atoms with E-state index in [2.05, 4.69) is 20.4 Å². The van der Waals surface area contributed by atoms with Gasteiger partial charge in [-0.05, 0) is 68.3 Å². The Morgan fingerprint density at radius 1 is 1.10 bits per heavy atom. The van der Waals surface area contributed by atoms with Crippen molar-refractivity contribution in [3.05, 3.63) is 58.4 Å². The molecule has 0 N–H and O–H groups in total. The maximum atomic E-state index is 13.6. The molecule has 0 bridgehead atoms. The number of alkyl halides is 6. The third kappa shape index (κ3) is 5.91. The van der Waals surface area contributed by atoms with Crippen molar-refractivity contribution in [3.8, 4) is 0 Å². The number of aryl methyl sites for hydroxylation is 2. The summed E-state index contributed by atoms with van der Waals surface area (Å²) in [4.78, 5) is 21.4. The number of benzene rings is 1. The van der Waals surface area contributed by atoms with Gasteiger partial charge in [0.05, 0.1) is 42.2 Å². The lowest BCUT2D eigenvalue weighted by Gasteiger charge is -2.42. The van der Waals surface area contributed by atoms with Crippen LogP contribution in [0.4, 0.5) is 42.8 Å². The molecule has 1 aromatic carbocycles. The monoisotopic (exact) mass is 557 g/mol. The summed E-state index contributed by atoms with van der Waals surface area (Å²) in [5, 5.41) is 12.0. The molecule has 9 nitrogen and oxygen atoms in total. The van der Waals surface area contributed by atoms with Gasteiger partial charge in [-0.3, -0.25) is 9.88 Å². The average molecular weight is 557 g/mol. The lowest BCUT2D eigenvalue weighted by molar-refractivity contribution is -0.143. The summed E-state index contributed by atoms with van der Waals surface area (Å²) >= 11 is 0. The van der Waals surface area contributed by atoms with E-state index in [1.165, 1.54) is 16.8 Å². The van der Waals surface area contributed by atoms with Gasteiger partial charge in [0, 0.05) is 18.3 Å². The van der Waals surface area contributed by atoms with E-state index >= 15 is 0 Å². The van der Waals surface area contributed by atoms with Gasteiger partial charge in [-0.15, -0.1) is 5.10 Å². The summed E-state index contributed by atoms with van der Waals surface area (Å²) in [5.74, 6) is -0.0282. The molecule has 2 atom stereocenters. The Morgan fingerprint density at radius 2 is 1.74 bits per heavy atom. The molecule has 1 aliphatic heterocycles. The van der Waals surface area contributed by atoms with Gasteiger partial charge in [0.15, 0.2) is 0 Å². The highest BCUT2D eigenvalue weighted by Crippen LogP contribution is 2.42. The van der Waals surface area contributed by atoms with Crippen molar-refractivity contribution in [2.75, 3.05) is 16.4 Å². The highest BCUT2D eigenvalue weighted by molar-refractivity contribution is 5.90. The third-order valence-electron chi connectivity index (χ3n) is 6.22. The number of aromatic nitrogens is 5. The summed E-state index contributed by atoms with van der Waals surface area (Å²) in [6.45, 7) is 4.84. The second-order valence-corrected chi connectivity index (χ2v) is 9.15. The second kappa shape index (κ2) is 10.3. The molecule has 39 heavy (non-hydrogen) atoms. The number of carbonyl (C=O) groups excluding carboxylic acids is 1. The molecule has 0 unspecified atom stereocenters. The number of carbonyl (C=O) groups is 1. The molecule has 0 fully saturated rings. The fourth-order valence-corrected chi connectivity index (χ4v) is 4.56. The minimum Gasteiger partial charge on any atom is -0.449 e. The topological polar surface area (TPSA) is 89.3 Å². The van der Waals surface area contributed by atoms with Crippen molar-refractivity contribution in [3.63, 3.8) is 0 Å². The molecule has 4 rings (SSSR count). The van der Waals surface area contributed by atoms with Crippen molar-refractivity contribution in [2.24, 2.45) is 7.05 Å². The molecule has 2 aromatic heterocycles. The number of anilines is 2. The van der Waals surface area contributed by atoms with Crippen LogP contribution in [-0.4, -0.2) is 43.9 Å². The molecule has 0 saturated heterocycles. The van der Waals surface area contributed by atoms with Crippen LogP contribution in [0.1, 0.15) is 54.4 Å². The van der Waals surface area contributed by atoms with Crippen LogP contribution in [0.25, 0.3) is 0 Å². The van der Waals surface area contributed by atoms with E-state index in [1.54, 1.807) is 32.9 Å². The molecule has 3 aromatic rings. The lowest BCUT2D eigenvalue weighted by Crippen LogP contribution is -2.47. The predicted molar refractivity (Wildman–Crippen MR) is 127 cm³/mol. The lowest BCUT2D eigenvalue weighted by atomic mass is 9.94. The van der Waals surface area contributed by atoms with E-state index < -0.39 is 48.2 Å². The van der Waals surface area contributed by atoms with Crippen molar-refractivity contribution in [1.82, 2.24) is 25.2 Å². The van der Waals surface area contributed by atoms with Gasteiger partial charge in [0.25, 0.3) is 5.95 Å². The number of tetrazole rings is 1.